The van der Waals surface area contributed by atoms with Crippen LogP contribution in [-0.4, -0.2) is 36.0 Å². The highest BCUT2D eigenvalue weighted by molar-refractivity contribution is 7.17. The number of aromatic nitrogens is 1. The van der Waals surface area contributed by atoms with Gasteiger partial charge >= 0.3 is 0 Å². The van der Waals surface area contributed by atoms with E-state index in [0.29, 0.717) is 0 Å². The lowest BCUT2D eigenvalue weighted by Gasteiger charge is -2.26. The minimum atomic E-state index is 0.0673. The maximum Gasteiger partial charge on any atom is 0.266 e. The predicted molar refractivity (Wildman–Crippen MR) is 97.0 cm³/mol. The third kappa shape index (κ3) is 3.11. The van der Waals surface area contributed by atoms with Gasteiger partial charge in [-0.3, -0.25) is 4.79 Å². The first-order chi connectivity index (χ1) is 11.7. The highest BCUT2D eigenvalue weighted by Crippen LogP contribution is 2.38. The third-order valence-corrected chi connectivity index (χ3v) is 5.43. The number of methoxy groups -OCH3 is 1. The van der Waals surface area contributed by atoms with E-state index in [1.807, 2.05) is 36.9 Å². The number of benzene rings is 1. The Morgan fingerprint density at radius 2 is 2.25 bits per heavy atom. The molecule has 0 saturated carbocycles. The highest BCUT2D eigenvalue weighted by atomic mass is 32.1. The summed E-state index contributed by atoms with van der Waals surface area (Å²) >= 11 is 1.44. The number of rotatable bonds is 5. The molecule has 1 fully saturated rings. The van der Waals surface area contributed by atoms with Crippen molar-refractivity contribution in [2.75, 3.05) is 25.5 Å². The van der Waals surface area contributed by atoms with Crippen LogP contribution in [0.25, 0.3) is 0 Å². The fourth-order valence-electron chi connectivity index (χ4n) is 3.23. The molecule has 0 spiro atoms. The van der Waals surface area contributed by atoms with Crippen molar-refractivity contribution in [2.24, 2.45) is 0 Å². The van der Waals surface area contributed by atoms with Crippen LogP contribution >= 0.6 is 11.3 Å². The first-order valence-electron chi connectivity index (χ1n) is 8.30. The number of carbonyl (C=O) groups excluding carboxylic acids is 1. The number of likely N-dealkylation sites (tertiary alicyclic amines) is 1. The van der Waals surface area contributed by atoms with Gasteiger partial charge in [-0.05, 0) is 32.8 Å². The van der Waals surface area contributed by atoms with Crippen molar-refractivity contribution < 1.29 is 9.53 Å². The van der Waals surface area contributed by atoms with E-state index >= 15 is 0 Å². The molecule has 1 aliphatic rings. The Balaban J connectivity index is 1.89. The number of carbonyl (C=O) groups is 1. The van der Waals surface area contributed by atoms with E-state index in [9.17, 15) is 4.79 Å². The molecule has 6 heteroatoms. The number of thiazole rings is 1. The standard InChI is InChI=1S/C18H23N3O2S/c1-4-19-18-20-12(2)16(24-18)17(22)21-11-7-9-14(21)13-8-5-6-10-15(13)23-3/h5-6,8,10,14H,4,7,9,11H2,1-3H3,(H,19,20)/t14-/m0/s1. The minimum absolute atomic E-state index is 0.0673. The van der Waals surface area contributed by atoms with Crippen molar-refractivity contribution in [1.82, 2.24) is 9.88 Å². The fourth-order valence-corrected chi connectivity index (χ4v) is 4.22. The van der Waals surface area contributed by atoms with Gasteiger partial charge in [-0.25, -0.2) is 4.98 Å². The van der Waals surface area contributed by atoms with Crippen LogP contribution < -0.4 is 10.1 Å². The normalized spacial score (nSPS) is 17.1. The summed E-state index contributed by atoms with van der Waals surface area (Å²) in [6, 6.07) is 8.04. The zero-order valence-electron chi connectivity index (χ0n) is 14.3. The smallest absolute Gasteiger partial charge is 0.266 e. The van der Waals surface area contributed by atoms with Gasteiger partial charge in [0.2, 0.25) is 0 Å². The third-order valence-electron chi connectivity index (χ3n) is 4.33. The summed E-state index contributed by atoms with van der Waals surface area (Å²) in [7, 11) is 1.68. The summed E-state index contributed by atoms with van der Waals surface area (Å²) in [6.45, 7) is 5.50. The zero-order valence-corrected chi connectivity index (χ0v) is 15.2. The van der Waals surface area contributed by atoms with Crippen LogP contribution in [0.2, 0.25) is 0 Å². The molecule has 1 aromatic heterocycles. The lowest BCUT2D eigenvalue weighted by atomic mass is 10.0. The summed E-state index contributed by atoms with van der Waals surface area (Å²) in [4.78, 5) is 20.3. The van der Waals surface area contributed by atoms with E-state index in [2.05, 4.69) is 16.4 Å². The van der Waals surface area contributed by atoms with E-state index in [1.165, 1.54) is 11.3 Å². The van der Waals surface area contributed by atoms with Crippen molar-refractivity contribution in [3.63, 3.8) is 0 Å². The fraction of sp³-hybridized carbons (Fsp3) is 0.444. The number of aryl methyl sites for hydroxylation is 1. The molecule has 1 atom stereocenters. The average Bonchev–Trinajstić information content (AvgIpc) is 3.21. The molecule has 0 radical (unpaired) electrons. The van der Waals surface area contributed by atoms with Gasteiger partial charge in [-0.15, -0.1) is 0 Å². The summed E-state index contributed by atoms with van der Waals surface area (Å²) in [5.41, 5.74) is 1.88. The first kappa shape index (κ1) is 16.8. The molecular weight excluding hydrogens is 322 g/mol. The van der Waals surface area contributed by atoms with Gasteiger partial charge in [-0.1, -0.05) is 29.5 Å². The van der Waals surface area contributed by atoms with E-state index < -0.39 is 0 Å². The summed E-state index contributed by atoms with van der Waals surface area (Å²) < 4.78 is 5.49. The van der Waals surface area contributed by atoms with Gasteiger partial charge in [0, 0.05) is 18.7 Å². The van der Waals surface area contributed by atoms with Crippen LogP contribution in [-0.2, 0) is 0 Å². The van der Waals surface area contributed by atoms with Gasteiger partial charge in [-0.2, -0.15) is 0 Å². The lowest BCUT2D eigenvalue weighted by molar-refractivity contribution is 0.0738. The number of nitrogens with zero attached hydrogens (tertiary/aromatic N) is 2. The molecule has 3 rings (SSSR count). The number of para-hydroxylation sites is 1. The summed E-state index contributed by atoms with van der Waals surface area (Å²) in [5.74, 6) is 0.916. The second-order valence-corrected chi connectivity index (χ2v) is 6.86. The molecule has 0 unspecified atom stereocenters. The number of amides is 1. The van der Waals surface area contributed by atoms with Crippen LogP contribution in [0.15, 0.2) is 24.3 Å². The Bertz CT molecular complexity index is 729. The van der Waals surface area contributed by atoms with Gasteiger partial charge in [0.15, 0.2) is 5.13 Å². The van der Waals surface area contributed by atoms with Crippen molar-refractivity contribution in [3.8, 4) is 5.75 Å². The first-order valence-corrected chi connectivity index (χ1v) is 9.12. The minimum Gasteiger partial charge on any atom is -0.496 e. The number of anilines is 1. The highest BCUT2D eigenvalue weighted by Gasteiger charge is 2.33. The van der Waals surface area contributed by atoms with Gasteiger partial charge in [0.25, 0.3) is 5.91 Å². The maximum atomic E-state index is 13.1. The quantitative estimate of drug-likeness (QED) is 0.894. The van der Waals surface area contributed by atoms with Crippen LogP contribution in [0.3, 0.4) is 0 Å². The Morgan fingerprint density at radius 3 is 3.00 bits per heavy atom. The monoisotopic (exact) mass is 345 g/mol. The Morgan fingerprint density at radius 1 is 1.46 bits per heavy atom. The van der Waals surface area contributed by atoms with Crippen molar-refractivity contribution in [2.45, 2.75) is 32.7 Å². The molecule has 1 saturated heterocycles. The van der Waals surface area contributed by atoms with E-state index in [4.69, 9.17) is 4.74 Å². The largest absolute Gasteiger partial charge is 0.496 e. The van der Waals surface area contributed by atoms with Crippen LogP contribution in [0.5, 0.6) is 5.75 Å². The van der Waals surface area contributed by atoms with Gasteiger partial charge < -0.3 is 15.0 Å². The molecule has 1 amide bonds. The Hall–Kier alpha value is -2.08. The number of hydrogen-bond acceptors (Lipinski definition) is 5. The number of ether oxygens (including phenoxy) is 1. The van der Waals surface area contributed by atoms with E-state index in [0.717, 1.165) is 52.9 Å². The molecule has 1 aliphatic heterocycles. The average molecular weight is 345 g/mol. The van der Waals surface area contributed by atoms with Crippen molar-refractivity contribution in [3.05, 3.63) is 40.4 Å². The molecule has 1 aromatic carbocycles. The Kier molecular flexibility index (Phi) is 5.04. The van der Waals surface area contributed by atoms with Crippen LogP contribution in [0, 0.1) is 6.92 Å². The van der Waals surface area contributed by atoms with Crippen molar-refractivity contribution in [1.29, 1.82) is 0 Å². The van der Waals surface area contributed by atoms with Crippen molar-refractivity contribution >= 4 is 22.4 Å². The number of nitrogens with one attached hydrogen (secondary N) is 1. The van der Waals surface area contributed by atoms with E-state index in [1.54, 1.807) is 7.11 Å². The molecular formula is C18H23N3O2S. The van der Waals surface area contributed by atoms with Crippen LogP contribution in [0.1, 0.15) is 46.7 Å². The molecule has 2 heterocycles. The maximum absolute atomic E-state index is 13.1. The topological polar surface area (TPSA) is 54.5 Å². The van der Waals surface area contributed by atoms with Crippen LogP contribution in [0.4, 0.5) is 5.13 Å². The molecule has 5 nitrogen and oxygen atoms in total. The predicted octanol–water partition coefficient (Wildman–Crippen LogP) is 3.87. The molecule has 24 heavy (non-hydrogen) atoms. The molecule has 0 aliphatic carbocycles. The second kappa shape index (κ2) is 7.21. The molecule has 1 N–H and O–H groups in total. The van der Waals surface area contributed by atoms with E-state index in [-0.39, 0.29) is 11.9 Å². The SMILES string of the molecule is CCNc1nc(C)c(C(=O)N2CCC[C@H]2c2ccccc2OC)s1. The zero-order chi connectivity index (χ0) is 17.1. The molecule has 2 aromatic rings. The van der Waals surface area contributed by atoms with Gasteiger partial charge in [0.05, 0.1) is 18.8 Å². The molecule has 128 valence electrons. The summed E-state index contributed by atoms with van der Waals surface area (Å²) in [6.07, 6.45) is 1.97. The van der Waals surface area contributed by atoms with Gasteiger partial charge in [0.1, 0.15) is 10.6 Å². The number of hydrogen-bond donors (Lipinski definition) is 1. The second-order valence-electron chi connectivity index (χ2n) is 5.86. The Labute approximate surface area is 146 Å². The lowest BCUT2D eigenvalue weighted by Crippen LogP contribution is -2.30. The summed E-state index contributed by atoms with van der Waals surface area (Å²) in [5, 5.41) is 4.00. The molecule has 0 bridgehead atoms.